The van der Waals surface area contributed by atoms with Crippen LogP contribution in [0.4, 0.5) is 0 Å². The Morgan fingerprint density at radius 1 is 1.33 bits per heavy atom. The Bertz CT molecular complexity index is 407. The van der Waals surface area contributed by atoms with Crippen molar-refractivity contribution in [2.24, 2.45) is 11.1 Å². The quantitative estimate of drug-likeness (QED) is 0.807. The Hall–Kier alpha value is -1.35. The van der Waals surface area contributed by atoms with Gasteiger partial charge in [-0.25, -0.2) is 0 Å². The number of hydrogen-bond donors (Lipinski definition) is 2. The first-order valence-corrected chi connectivity index (χ1v) is 6.76. The van der Waals surface area contributed by atoms with Crippen molar-refractivity contribution in [3.8, 4) is 0 Å². The monoisotopic (exact) mass is 246 g/mol. The van der Waals surface area contributed by atoms with Gasteiger partial charge in [-0.2, -0.15) is 0 Å². The van der Waals surface area contributed by atoms with Crippen LogP contribution in [0.3, 0.4) is 0 Å². The van der Waals surface area contributed by atoms with Crippen LogP contribution in [0, 0.1) is 5.41 Å². The maximum atomic E-state index is 12.0. The number of amides is 1. The van der Waals surface area contributed by atoms with Gasteiger partial charge in [0.2, 0.25) is 0 Å². The topological polar surface area (TPSA) is 55.1 Å². The maximum absolute atomic E-state index is 12.0. The van der Waals surface area contributed by atoms with Gasteiger partial charge < -0.3 is 11.1 Å². The molecule has 3 N–H and O–H groups in total. The lowest BCUT2D eigenvalue weighted by molar-refractivity contribution is 0.0945. The van der Waals surface area contributed by atoms with Gasteiger partial charge in [0.1, 0.15) is 0 Å². The lowest BCUT2D eigenvalue weighted by Gasteiger charge is -2.13. The highest BCUT2D eigenvalue weighted by atomic mass is 16.1. The van der Waals surface area contributed by atoms with Gasteiger partial charge >= 0.3 is 0 Å². The van der Waals surface area contributed by atoms with Gasteiger partial charge in [-0.1, -0.05) is 25.5 Å². The molecular formula is C15H22N2O. The molecule has 0 atom stereocenters. The number of carbonyl (C=O) groups excluding carboxylic acids is 1. The van der Waals surface area contributed by atoms with Crippen LogP contribution in [0.2, 0.25) is 0 Å². The summed E-state index contributed by atoms with van der Waals surface area (Å²) in [5, 5.41) is 2.99. The highest BCUT2D eigenvalue weighted by Crippen LogP contribution is 2.43. The van der Waals surface area contributed by atoms with Crippen molar-refractivity contribution >= 4 is 5.91 Å². The van der Waals surface area contributed by atoms with Gasteiger partial charge in [0.15, 0.2) is 0 Å². The third-order valence-electron chi connectivity index (χ3n) is 3.77. The highest BCUT2D eigenvalue weighted by molar-refractivity contribution is 5.94. The molecule has 1 aliphatic rings. The molecule has 0 bridgehead atoms. The van der Waals surface area contributed by atoms with Gasteiger partial charge in [0, 0.05) is 17.5 Å². The highest BCUT2D eigenvalue weighted by Gasteiger charge is 2.41. The standard InChI is InChI=1S/C15H22N2O/c1-2-3-12-4-6-13(7-5-12)14(18)17-11-15(10-16)8-9-15/h4-7H,2-3,8-11,16H2,1H3,(H,17,18). The van der Waals surface area contributed by atoms with Crippen molar-refractivity contribution in [1.29, 1.82) is 0 Å². The molecule has 1 fully saturated rings. The summed E-state index contributed by atoms with van der Waals surface area (Å²) < 4.78 is 0. The molecule has 0 aliphatic heterocycles. The van der Waals surface area contributed by atoms with Crippen LogP contribution in [0.15, 0.2) is 24.3 Å². The molecule has 1 aromatic carbocycles. The molecule has 3 heteroatoms. The number of nitrogens with one attached hydrogen (secondary N) is 1. The van der Waals surface area contributed by atoms with E-state index in [9.17, 15) is 4.79 Å². The first-order chi connectivity index (χ1) is 8.69. The fourth-order valence-corrected chi connectivity index (χ4v) is 2.11. The summed E-state index contributed by atoms with van der Waals surface area (Å²) in [6.07, 6.45) is 4.47. The van der Waals surface area contributed by atoms with Gasteiger partial charge in [-0.3, -0.25) is 4.79 Å². The minimum absolute atomic E-state index is 0.0118. The van der Waals surface area contributed by atoms with E-state index in [-0.39, 0.29) is 11.3 Å². The van der Waals surface area contributed by atoms with Crippen LogP contribution in [0.5, 0.6) is 0 Å². The Morgan fingerprint density at radius 2 is 2.00 bits per heavy atom. The molecule has 1 amide bonds. The van der Waals surface area contributed by atoms with Crippen molar-refractivity contribution < 1.29 is 4.79 Å². The Morgan fingerprint density at radius 3 is 2.50 bits per heavy atom. The summed E-state index contributed by atoms with van der Waals surface area (Å²) in [7, 11) is 0. The minimum Gasteiger partial charge on any atom is -0.351 e. The number of rotatable bonds is 6. The van der Waals surface area contributed by atoms with Crippen molar-refractivity contribution in [3.63, 3.8) is 0 Å². The van der Waals surface area contributed by atoms with E-state index in [1.807, 2.05) is 24.3 Å². The SMILES string of the molecule is CCCc1ccc(C(=O)NCC2(CN)CC2)cc1. The van der Waals surface area contributed by atoms with E-state index >= 15 is 0 Å². The van der Waals surface area contributed by atoms with E-state index in [0.717, 1.165) is 31.2 Å². The van der Waals surface area contributed by atoms with Crippen LogP contribution in [-0.4, -0.2) is 19.0 Å². The maximum Gasteiger partial charge on any atom is 0.251 e. The van der Waals surface area contributed by atoms with Gasteiger partial charge in [-0.05, 0) is 43.5 Å². The molecule has 2 rings (SSSR count). The zero-order valence-corrected chi connectivity index (χ0v) is 11.0. The predicted molar refractivity (Wildman–Crippen MR) is 73.5 cm³/mol. The zero-order chi connectivity index (χ0) is 13.0. The summed E-state index contributed by atoms with van der Waals surface area (Å²) >= 11 is 0. The lowest BCUT2D eigenvalue weighted by atomic mass is 10.1. The second kappa shape index (κ2) is 5.53. The Labute approximate surface area is 109 Å². The second-order valence-electron chi connectivity index (χ2n) is 5.33. The molecule has 3 nitrogen and oxygen atoms in total. The average Bonchev–Trinajstić information content (AvgIpc) is 3.18. The summed E-state index contributed by atoms with van der Waals surface area (Å²) in [5.74, 6) is 0.0118. The van der Waals surface area contributed by atoms with Crippen molar-refractivity contribution in [2.75, 3.05) is 13.1 Å². The molecule has 0 heterocycles. The Kier molecular flexibility index (Phi) is 4.02. The molecule has 18 heavy (non-hydrogen) atoms. The molecule has 1 saturated carbocycles. The fraction of sp³-hybridized carbons (Fsp3) is 0.533. The molecule has 1 aromatic rings. The van der Waals surface area contributed by atoms with E-state index in [0.29, 0.717) is 13.1 Å². The molecule has 98 valence electrons. The van der Waals surface area contributed by atoms with Gasteiger partial charge in [-0.15, -0.1) is 0 Å². The van der Waals surface area contributed by atoms with E-state index < -0.39 is 0 Å². The summed E-state index contributed by atoms with van der Waals surface area (Å²) in [5.41, 5.74) is 7.91. The first kappa shape index (κ1) is 13.1. The number of nitrogens with two attached hydrogens (primary N) is 1. The largest absolute Gasteiger partial charge is 0.351 e. The van der Waals surface area contributed by atoms with Gasteiger partial charge in [0.05, 0.1) is 0 Å². The molecule has 1 aliphatic carbocycles. The number of aryl methyl sites for hydroxylation is 1. The molecule has 0 radical (unpaired) electrons. The third-order valence-corrected chi connectivity index (χ3v) is 3.77. The van der Waals surface area contributed by atoms with Crippen molar-refractivity contribution in [1.82, 2.24) is 5.32 Å². The minimum atomic E-state index is 0.0118. The van der Waals surface area contributed by atoms with Crippen molar-refractivity contribution in [3.05, 3.63) is 35.4 Å². The predicted octanol–water partition coefficient (Wildman–Crippen LogP) is 2.11. The van der Waals surface area contributed by atoms with Crippen LogP contribution in [0.1, 0.15) is 42.1 Å². The average molecular weight is 246 g/mol. The summed E-state index contributed by atoms with van der Waals surface area (Å²) in [4.78, 5) is 12.0. The molecule has 0 aromatic heterocycles. The second-order valence-corrected chi connectivity index (χ2v) is 5.33. The lowest BCUT2D eigenvalue weighted by Crippen LogP contribution is -2.33. The number of carbonyl (C=O) groups is 1. The van der Waals surface area contributed by atoms with Crippen LogP contribution >= 0.6 is 0 Å². The van der Waals surface area contributed by atoms with Crippen LogP contribution in [-0.2, 0) is 6.42 Å². The summed E-state index contributed by atoms with van der Waals surface area (Å²) in [6, 6.07) is 7.88. The third kappa shape index (κ3) is 3.10. The van der Waals surface area contributed by atoms with Crippen molar-refractivity contribution in [2.45, 2.75) is 32.6 Å². The van der Waals surface area contributed by atoms with E-state index in [1.165, 1.54) is 5.56 Å². The van der Waals surface area contributed by atoms with E-state index in [1.54, 1.807) is 0 Å². The van der Waals surface area contributed by atoms with Gasteiger partial charge in [0.25, 0.3) is 5.91 Å². The number of benzene rings is 1. The van der Waals surface area contributed by atoms with E-state index in [4.69, 9.17) is 5.73 Å². The summed E-state index contributed by atoms with van der Waals surface area (Å²) in [6.45, 7) is 3.53. The van der Waals surface area contributed by atoms with E-state index in [2.05, 4.69) is 12.2 Å². The van der Waals surface area contributed by atoms with Crippen LogP contribution in [0.25, 0.3) is 0 Å². The molecule has 0 saturated heterocycles. The Balaban J connectivity index is 1.88. The fourth-order valence-electron chi connectivity index (χ4n) is 2.11. The van der Waals surface area contributed by atoms with Crippen LogP contribution < -0.4 is 11.1 Å². The first-order valence-electron chi connectivity index (χ1n) is 6.76. The molecule has 0 spiro atoms. The smallest absolute Gasteiger partial charge is 0.251 e. The normalized spacial score (nSPS) is 16.3. The molecular weight excluding hydrogens is 224 g/mol. The molecule has 0 unspecified atom stereocenters. The number of hydrogen-bond acceptors (Lipinski definition) is 2. The zero-order valence-electron chi connectivity index (χ0n) is 11.0.